The largest absolute Gasteiger partial charge is 0.433 e. The number of fused-ring (bicyclic) bond motifs is 1. The topological polar surface area (TPSA) is 112 Å². The molecule has 0 bridgehead atoms. The van der Waals surface area contributed by atoms with Crippen LogP contribution in [-0.2, 0) is 7.05 Å². The fourth-order valence-electron chi connectivity index (χ4n) is 2.07. The summed E-state index contributed by atoms with van der Waals surface area (Å²) in [7, 11) is 1.57. The van der Waals surface area contributed by atoms with Crippen molar-refractivity contribution in [3.63, 3.8) is 0 Å². The molecule has 0 saturated carbocycles. The SMILES string of the molecule is Cn1c(=O)oc2cc(C(O)c3ccc([N+](=O)[O-])o3)ccc21. The maximum atomic E-state index is 11.4. The first-order chi connectivity index (χ1) is 9.97. The van der Waals surface area contributed by atoms with Gasteiger partial charge in [-0.3, -0.25) is 14.7 Å². The number of aliphatic hydroxyl groups excluding tert-OH is 1. The summed E-state index contributed by atoms with van der Waals surface area (Å²) in [5.74, 6) is -0.916. The van der Waals surface area contributed by atoms with Crippen molar-refractivity contribution in [3.8, 4) is 0 Å². The lowest BCUT2D eigenvalue weighted by atomic mass is 10.1. The first-order valence-corrected chi connectivity index (χ1v) is 5.99. The minimum Gasteiger partial charge on any atom is -0.408 e. The fraction of sp³-hybridized carbons (Fsp3) is 0.154. The molecular formula is C13H10N2O6. The lowest BCUT2D eigenvalue weighted by Crippen LogP contribution is -2.08. The van der Waals surface area contributed by atoms with Crippen molar-refractivity contribution in [1.82, 2.24) is 4.57 Å². The van der Waals surface area contributed by atoms with Crippen molar-refractivity contribution in [1.29, 1.82) is 0 Å². The first-order valence-electron chi connectivity index (χ1n) is 5.99. The van der Waals surface area contributed by atoms with E-state index >= 15 is 0 Å². The maximum Gasteiger partial charge on any atom is 0.433 e. The molecule has 1 aromatic carbocycles. The van der Waals surface area contributed by atoms with Crippen LogP contribution in [0.2, 0.25) is 0 Å². The van der Waals surface area contributed by atoms with E-state index < -0.39 is 22.7 Å². The molecule has 8 heteroatoms. The molecular weight excluding hydrogens is 280 g/mol. The summed E-state index contributed by atoms with van der Waals surface area (Å²) in [6, 6.07) is 7.20. The normalized spacial score (nSPS) is 12.7. The molecule has 3 rings (SSSR count). The van der Waals surface area contributed by atoms with Crippen LogP contribution in [0.1, 0.15) is 17.4 Å². The Bertz CT molecular complexity index is 888. The number of hydrogen-bond acceptors (Lipinski definition) is 6. The van der Waals surface area contributed by atoms with Crippen LogP contribution < -0.4 is 5.76 Å². The van der Waals surface area contributed by atoms with Crippen LogP contribution in [0.5, 0.6) is 0 Å². The van der Waals surface area contributed by atoms with Crippen molar-refractivity contribution in [2.45, 2.75) is 6.10 Å². The molecule has 1 atom stereocenters. The van der Waals surface area contributed by atoms with Gasteiger partial charge in [0.15, 0.2) is 5.58 Å². The Morgan fingerprint density at radius 3 is 2.71 bits per heavy atom. The van der Waals surface area contributed by atoms with Crippen molar-refractivity contribution in [2.24, 2.45) is 7.05 Å². The number of rotatable bonds is 3. The summed E-state index contributed by atoms with van der Waals surface area (Å²) < 4.78 is 11.3. The Kier molecular flexibility index (Phi) is 2.88. The van der Waals surface area contributed by atoms with Gasteiger partial charge in [0.25, 0.3) is 0 Å². The van der Waals surface area contributed by atoms with Gasteiger partial charge in [0.1, 0.15) is 16.8 Å². The number of nitro groups is 1. The molecule has 0 aliphatic heterocycles. The van der Waals surface area contributed by atoms with Gasteiger partial charge in [-0.2, -0.15) is 0 Å². The third-order valence-electron chi connectivity index (χ3n) is 3.19. The van der Waals surface area contributed by atoms with Gasteiger partial charge in [0, 0.05) is 7.05 Å². The highest BCUT2D eigenvalue weighted by Crippen LogP contribution is 2.28. The Morgan fingerprint density at radius 2 is 2.05 bits per heavy atom. The number of nitrogens with zero attached hydrogens (tertiary/aromatic N) is 2. The molecule has 21 heavy (non-hydrogen) atoms. The monoisotopic (exact) mass is 290 g/mol. The van der Waals surface area contributed by atoms with E-state index in [2.05, 4.69) is 0 Å². The average molecular weight is 290 g/mol. The standard InChI is InChI=1S/C13H10N2O6/c1-14-8-3-2-7(6-10(8)21-13(14)17)12(16)9-4-5-11(20-9)15(18)19/h2-6,12,16H,1H3. The molecule has 1 N–H and O–H groups in total. The molecule has 108 valence electrons. The molecule has 0 aliphatic carbocycles. The number of oxazole rings is 1. The van der Waals surface area contributed by atoms with Crippen molar-refractivity contribution >= 4 is 17.0 Å². The number of aryl methyl sites for hydroxylation is 1. The van der Waals surface area contributed by atoms with Crippen LogP contribution in [0, 0.1) is 10.1 Å². The molecule has 0 saturated heterocycles. The van der Waals surface area contributed by atoms with Crippen LogP contribution >= 0.6 is 0 Å². The molecule has 0 aliphatic rings. The Hall–Kier alpha value is -2.87. The quantitative estimate of drug-likeness (QED) is 0.580. The van der Waals surface area contributed by atoms with Gasteiger partial charge in [-0.1, -0.05) is 6.07 Å². The number of aliphatic hydroxyl groups is 1. The van der Waals surface area contributed by atoms with Crippen LogP contribution in [0.25, 0.3) is 11.1 Å². The van der Waals surface area contributed by atoms with Gasteiger partial charge in [-0.25, -0.2) is 4.79 Å². The molecule has 8 nitrogen and oxygen atoms in total. The molecule has 0 amide bonds. The lowest BCUT2D eigenvalue weighted by molar-refractivity contribution is -0.402. The van der Waals surface area contributed by atoms with Crippen LogP contribution in [0.15, 0.2) is 44.0 Å². The Balaban J connectivity index is 2.02. The van der Waals surface area contributed by atoms with Gasteiger partial charge in [-0.15, -0.1) is 0 Å². The summed E-state index contributed by atoms with van der Waals surface area (Å²) in [6.07, 6.45) is -1.19. The molecule has 2 aromatic heterocycles. The third-order valence-corrected chi connectivity index (χ3v) is 3.19. The fourth-order valence-corrected chi connectivity index (χ4v) is 2.07. The van der Waals surface area contributed by atoms with Crippen LogP contribution in [-0.4, -0.2) is 14.6 Å². The zero-order valence-corrected chi connectivity index (χ0v) is 10.8. The molecule has 1 unspecified atom stereocenters. The number of hydrogen-bond donors (Lipinski definition) is 1. The second kappa shape index (κ2) is 4.60. The molecule has 0 radical (unpaired) electrons. The number of aromatic nitrogens is 1. The van der Waals surface area contributed by atoms with E-state index in [1.165, 1.54) is 22.8 Å². The van der Waals surface area contributed by atoms with E-state index in [-0.39, 0.29) is 5.76 Å². The minimum absolute atomic E-state index is 0.0410. The molecule has 0 spiro atoms. The summed E-state index contributed by atoms with van der Waals surface area (Å²) >= 11 is 0. The second-order valence-corrected chi connectivity index (χ2v) is 4.49. The van der Waals surface area contributed by atoms with E-state index in [0.717, 1.165) is 0 Å². The van der Waals surface area contributed by atoms with Gasteiger partial charge in [-0.05, 0) is 23.8 Å². The van der Waals surface area contributed by atoms with Crippen molar-refractivity contribution < 1.29 is 18.9 Å². The minimum atomic E-state index is -1.19. The molecule has 3 aromatic rings. The number of benzene rings is 1. The summed E-state index contributed by atoms with van der Waals surface area (Å²) in [4.78, 5) is 21.3. The van der Waals surface area contributed by atoms with Gasteiger partial charge in [0.05, 0.1) is 11.6 Å². The predicted molar refractivity (Wildman–Crippen MR) is 70.9 cm³/mol. The van der Waals surface area contributed by atoms with E-state index in [0.29, 0.717) is 16.7 Å². The van der Waals surface area contributed by atoms with E-state index in [9.17, 15) is 20.0 Å². The highest BCUT2D eigenvalue weighted by Gasteiger charge is 2.20. The number of furan rings is 1. The van der Waals surface area contributed by atoms with Crippen molar-refractivity contribution in [2.75, 3.05) is 0 Å². The maximum absolute atomic E-state index is 11.4. The summed E-state index contributed by atoms with van der Waals surface area (Å²) in [6.45, 7) is 0. The zero-order valence-electron chi connectivity index (χ0n) is 10.8. The average Bonchev–Trinajstić information content (AvgIpc) is 3.04. The van der Waals surface area contributed by atoms with E-state index in [1.54, 1.807) is 19.2 Å². The Morgan fingerprint density at radius 1 is 1.29 bits per heavy atom. The zero-order chi connectivity index (χ0) is 15.1. The smallest absolute Gasteiger partial charge is 0.408 e. The lowest BCUT2D eigenvalue weighted by Gasteiger charge is -2.07. The van der Waals surface area contributed by atoms with Crippen LogP contribution in [0.3, 0.4) is 0 Å². The first kappa shape index (κ1) is 13.1. The highest BCUT2D eigenvalue weighted by molar-refractivity contribution is 5.73. The van der Waals surface area contributed by atoms with Gasteiger partial charge < -0.3 is 13.9 Å². The van der Waals surface area contributed by atoms with Gasteiger partial charge >= 0.3 is 11.6 Å². The highest BCUT2D eigenvalue weighted by atomic mass is 16.6. The predicted octanol–water partition coefficient (Wildman–Crippen LogP) is 1.71. The van der Waals surface area contributed by atoms with Crippen molar-refractivity contribution in [3.05, 3.63) is 62.3 Å². The Labute approximate surface area is 117 Å². The summed E-state index contributed by atoms with van der Waals surface area (Å²) in [5, 5.41) is 20.7. The van der Waals surface area contributed by atoms with E-state index in [1.807, 2.05) is 0 Å². The van der Waals surface area contributed by atoms with Gasteiger partial charge in [0.2, 0.25) is 0 Å². The summed E-state index contributed by atoms with van der Waals surface area (Å²) in [5.41, 5.74) is 1.31. The molecule has 2 heterocycles. The van der Waals surface area contributed by atoms with Crippen LogP contribution in [0.4, 0.5) is 5.88 Å². The third kappa shape index (κ3) is 2.11. The second-order valence-electron chi connectivity index (χ2n) is 4.49. The molecule has 0 fully saturated rings. The van der Waals surface area contributed by atoms with E-state index in [4.69, 9.17) is 8.83 Å².